The smallest absolute Gasteiger partial charge is 0.310 e. The standard InChI is InChI=1S/C9H13N3O3/c1-3-4-7(6-13)9-8(12(14)15)5-10-11(9)2/h3,5,7,13H,1,4,6H2,2H3. The molecule has 0 aliphatic carbocycles. The Labute approximate surface area is 87.0 Å². The van der Waals surface area contributed by atoms with E-state index in [4.69, 9.17) is 5.11 Å². The number of hydrogen-bond donors (Lipinski definition) is 1. The summed E-state index contributed by atoms with van der Waals surface area (Å²) in [5.74, 6) is -0.324. The van der Waals surface area contributed by atoms with E-state index in [1.54, 1.807) is 13.1 Å². The second-order valence-corrected chi connectivity index (χ2v) is 3.20. The third kappa shape index (κ3) is 2.21. The van der Waals surface area contributed by atoms with Gasteiger partial charge in [0.1, 0.15) is 11.9 Å². The van der Waals surface area contributed by atoms with Crippen molar-refractivity contribution in [3.8, 4) is 0 Å². The van der Waals surface area contributed by atoms with Crippen molar-refractivity contribution in [1.82, 2.24) is 9.78 Å². The molecular weight excluding hydrogens is 198 g/mol. The summed E-state index contributed by atoms with van der Waals surface area (Å²) in [6, 6.07) is 0. The number of aliphatic hydroxyl groups excluding tert-OH is 1. The molecular formula is C9H13N3O3. The Balaban J connectivity index is 3.13. The molecule has 6 heteroatoms. The van der Waals surface area contributed by atoms with E-state index in [2.05, 4.69) is 11.7 Å². The van der Waals surface area contributed by atoms with Crippen LogP contribution in [-0.2, 0) is 7.05 Å². The first-order valence-corrected chi connectivity index (χ1v) is 4.49. The van der Waals surface area contributed by atoms with Gasteiger partial charge in [0, 0.05) is 13.0 Å². The molecule has 1 rings (SSSR count). The second kappa shape index (κ2) is 4.70. The molecule has 0 saturated heterocycles. The Morgan fingerprint density at radius 1 is 1.87 bits per heavy atom. The summed E-state index contributed by atoms with van der Waals surface area (Å²) in [7, 11) is 1.62. The van der Waals surface area contributed by atoms with Crippen LogP contribution in [0.25, 0.3) is 0 Å². The van der Waals surface area contributed by atoms with Crippen LogP contribution in [0.3, 0.4) is 0 Å². The first kappa shape index (κ1) is 11.4. The minimum absolute atomic E-state index is 0.0570. The van der Waals surface area contributed by atoms with Crippen LogP contribution in [0.4, 0.5) is 5.69 Å². The van der Waals surface area contributed by atoms with E-state index >= 15 is 0 Å². The lowest BCUT2D eigenvalue weighted by Gasteiger charge is -2.11. The molecule has 1 atom stereocenters. The van der Waals surface area contributed by atoms with Gasteiger partial charge >= 0.3 is 5.69 Å². The minimum Gasteiger partial charge on any atom is -0.396 e. The van der Waals surface area contributed by atoms with E-state index in [0.29, 0.717) is 12.1 Å². The highest BCUT2D eigenvalue weighted by Gasteiger charge is 2.25. The number of nitro groups is 1. The highest BCUT2D eigenvalue weighted by atomic mass is 16.6. The van der Waals surface area contributed by atoms with Gasteiger partial charge in [-0.3, -0.25) is 14.8 Å². The first-order valence-electron chi connectivity index (χ1n) is 4.49. The highest BCUT2D eigenvalue weighted by molar-refractivity contribution is 5.36. The van der Waals surface area contributed by atoms with Crippen LogP contribution in [0.5, 0.6) is 0 Å². The number of aliphatic hydroxyl groups is 1. The summed E-state index contributed by atoms with van der Waals surface area (Å²) in [5.41, 5.74) is 0.376. The summed E-state index contributed by atoms with van der Waals surface area (Å²) < 4.78 is 1.42. The maximum atomic E-state index is 10.7. The molecule has 0 fully saturated rings. The van der Waals surface area contributed by atoms with E-state index < -0.39 is 4.92 Å². The van der Waals surface area contributed by atoms with Crippen molar-refractivity contribution in [3.05, 3.63) is 34.7 Å². The Hall–Kier alpha value is -1.69. The molecule has 1 aromatic rings. The first-order chi connectivity index (χ1) is 7.11. The number of nitrogens with zero attached hydrogens (tertiary/aromatic N) is 3. The monoisotopic (exact) mass is 211 g/mol. The summed E-state index contributed by atoms with van der Waals surface area (Å²) in [6.45, 7) is 3.39. The summed E-state index contributed by atoms with van der Waals surface area (Å²) in [6.07, 6.45) is 3.30. The Kier molecular flexibility index (Phi) is 3.56. The normalized spacial score (nSPS) is 12.4. The van der Waals surface area contributed by atoms with Gasteiger partial charge in [-0.05, 0) is 6.42 Å². The minimum atomic E-state index is -0.492. The second-order valence-electron chi connectivity index (χ2n) is 3.20. The zero-order valence-corrected chi connectivity index (χ0v) is 8.46. The van der Waals surface area contributed by atoms with Crippen LogP contribution in [0.2, 0.25) is 0 Å². The van der Waals surface area contributed by atoms with Crippen molar-refractivity contribution in [2.24, 2.45) is 7.05 Å². The average molecular weight is 211 g/mol. The molecule has 6 nitrogen and oxygen atoms in total. The fraction of sp³-hybridized carbons (Fsp3) is 0.444. The van der Waals surface area contributed by atoms with Crippen LogP contribution < -0.4 is 0 Å². The van der Waals surface area contributed by atoms with Gasteiger partial charge in [-0.25, -0.2) is 0 Å². The third-order valence-corrected chi connectivity index (χ3v) is 2.22. The fourth-order valence-corrected chi connectivity index (χ4v) is 1.52. The summed E-state index contributed by atoms with van der Waals surface area (Å²) in [4.78, 5) is 10.2. The molecule has 0 amide bonds. The topological polar surface area (TPSA) is 81.2 Å². The van der Waals surface area contributed by atoms with Crippen molar-refractivity contribution >= 4 is 5.69 Å². The molecule has 1 unspecified atom stereocenters. The third-order valence-electron chi connectivity index (χ3n) is 2.22. The molecule has 1 N–H and O–H groups in total. The number of rotatable bonds is 5. The van der Waals surface area contributed by atoms with Crippen molar-refractivity contribution in [3.63, 3.8) is 0 Å². The average Bonchev–Trinajstić information content (AvgIpc) is 2.57. The Morgan fingerprint density at radius 2 is 2.53 bits per heavy atom. The van der Waals surface area contributed by atoms with Crippen molar-refractivity contribution in [2.75, 3.05) is 6.61 Å². The van der Waals surface area contributed by atoms with Crippen LogP contribution >= 0.6 is 0 Å². The van der Waals surface area contributed by atoms with Crippen LogP contribution in [0.1, 0.15) is 18.0 Å². The van der Waals surface area contributed by atoms with Crippen LogP contribution in [0, 0.1) is 10.1 Å². The number of aromatic nitrogens is 2. The molecule has 82 valence electrons. The maximum Gasteiger partial charge on any atom is 0.310 e. The van der Waals surface area contributed by atoms with Gasteiger partial charge in [0.05, 0.1) is 11.5 Å². The van der Waals surface area contributed by atoms with E-state index in [1.807, 2.05) is 0 Å². The van der Waals surface area contributed by atoms with Crippen LogP contribution in [-0.4, -0.2) is 26.4 Å². The van der Waals surface area contributed by atoms with Crippen LogP contribution in [0.15, 0.2) is 18.9 Å². The van der Waals surface area contributed by atoms with Gasteiger partial charge in [0.25, 0.3) is 0 Å². The molecule has 0 aliphatic heterocycles. The van der Waals surface area contributed by atoms with Crippen molar-refractivity contribution in [2.45, 2.75) is 12.3 Å². The van der Waals surface area contributed by atoms with Gasteiger partial charge in [-0.1, -0.05) is 6.08 Å². The largest absolute Gasteiger partial charge is 0.396 e. The van der Waals surface area contributed by atoms with E-state index in [0.717, 1.165) is 0 Å². The molecule has 0 saturated carbocycles. The lowest BCUT2D eigenvalue weighted by Crippen LogP contribution is -2.11. The van der Waals surface area contributed by atoms with E-state index in [-0.39, 0.29) is 18.2 Å². The molecule has 0 radical (unpaired) electrons. The molecule has 1 heterocycles. The summed E-state index contributed by atoms with van der Waals surface area (Å²) in [5, 5.41) is 23.7. The maximum absolute atomic E-state index is 10.7. The quantitative estimate of drug-likeness (QED) is 0.447. The predicted octanol–water partition coefficient (Wildman–Crippen LogP) is 0.980. The Morgan fingerprint density at radius 3 is 3.00 bits per heavy atom. The zero-order valence-electron chi connectivity index (χ0n) is 8.46. The van der Waals surface area contributed by atoms with Crippen molar-refractivity contribution < 1.29 is 10.0 Å². The van der Waals surface area contributed by atoms with Crippen molar-refractivity contribution in [1.29, 1.82) is 0 Å². The SMILES string of the molecule is C=CCC(CO)c1c([N+](=O)[O-])cnn1C. The fourth-order valence-electron chi connectivity index (χ4n) is 1.52. The lowest BCUT2D eigenvalue weighted by molar-refractivity contribution is -0.385. The molecule has 0 aromatic carbocycles. The van der Waals surface area contributed by atoms with E-state index in [9.17, 15) is 10.1 Å². The molecule has 1 aromatic heterocycles. The predicted molar refractivity (Wildman–Crippen MR) is 54.5 cm³/mol. The van der Waals surface area contributed by atoms with Gasteiger partial charge in [0.15, 0.2) is 0 Å². The molecule has 15 heavy (non-hydrogen) atoms. The summed E-state index contributed by atoms with van der Waals surface area (Å²) >= 11 is 0. The Bertz CT molecular complexity index is 373. The number of aryl methyl sites for hydroxylation is 1. The van der Waals surface area contributed by atoms with Gasteiger partial charge < -0.3 is 5.11 Å². The lowest BCUT2D eigenvalue weighted by atomic mass is 10.0. The molecule has 0 bridgehead atoms. The zero-order chi connectivity index (χ0) is 11.4. The highest BCUT2D eigenvalue weighted by Crippen LogP contribution is 2.27. The van der Waals surface area contributed by atoms with E-state index in [1.165, 1.54) is 10.9 Å². The van der Waals surface area contributed by atoms with Gasteiger partial charge in [-0.2, -0.15) is 5.10 Å². The number of hydrogen-bond acceptors (Lipinski definition) is 4. The molecule has 0 aliphatic rings. The van der Waals surface area contributed by atoms with Gasteiger partial charge in [-0.15, -0.1) is 6.58 Å². The number of allylic oxidation sites excluding steroid dienone is 1. The molecule has 0 spiro atoms. The van der Waals surface area contributed by atoms with Gasteiger partial charge in [0.2, 0.25) is 0 Å².